The first-order valence-electron chi connectivity index (χ1n) is 6.58. The summed E-state index contributed by atoms with van der Waals surface area (Å²) in [7, 11) is 0. The van der Waals surface area contributed by atoms with Crippen molar-refractivity contribution in [3.8, 4) is 5.75 Å². The molecule has 0 fully saturated rings. The Hall–Kier alpha value is -2.24. The maximum atomic E-state index is 11.9. The fourth-order valence-corrected chi connectivity index (χ4v) is 2.32. The number of nitrogens with one attached hydrogen (secondary N) is 1. The van der Waals surface area contributed by atoms with Crippen LogP contribution in [0.3, 0.4) is 0 Å². The molecule has 2 rings (SSSR count). The summed E-state index contributed by atoms with van der Waals surface area (Å²) in [6, 6.07) is 9.13. The van der Waals surface area contributed by atoms with Gasteiger partial charge < -0.3 is 15.2 Å². The molecule has 0 saturated carbocycles. The second kappa shape index (κ2) is 7.35. The van der Waals surface area contributed by atoms with Gasteiger partial charge in [-0.15, -0.1) is 0 Å². The summed E-state index contributed by atoms with van der Waals surface area (Å²) in [5.74, 6) is -1.06. The summed E-state index contributed by atoms with van der Waals surface area (Å²) in [6.45, 7) is 1.47. The molecule has 0 heterocycles. The zero-order valence-corrected chi connectivity index (χ0v) is 13.6. The number of hydrogen-bond acceptors (Lipinski definition) is 3. The minimum atomic E-state index is -1.02. The number of anilines is 1. The number of carboxylic acids is 1. The van der Waals surface area contributed by atoms with Crippen LogP contribution in [0.15, 0.2) is 36.4 Å². The molecule has 0 aromatic heterocycles. The van der Waals surface area contributed by atoms with Crippen LogP contribution in [0.1, 0.15) is 15.9 Å². The summed E-state index contributed by atoms with van der Waals surface area (Å²) >= 11 is 11.7. The van der Waals surface area contributed by atoms with Crippen molar-refractivity contribution >= 4 is 40.8 Å². The van der Waals surface area contributed by atoms with E-state index in [4.69, 9.17) is 33.0 Å². The van der Waals surface area contributed by atoms with E-state index in [1.165, 1.54) is 24.3 Å². The number of carbonyl (C=O) groups excluding carboxylic acids is 1. The highest BCUT2D eigenvalue weighted by atomic mass is 35.5. The molecule has 0 unspecified atom stereocenters. The van der Waals surface area contributed by atoms with E-state index in [9.17, 15) is 9.59 Å². The quantitative estimate of drug-likeness (QED) is 0.851. The number of ether oxygens (including phenoxy) is 1. The van der Waals surface area contributed by atoms with Gasteiger partial charge in [-0.05, 0) is 48.9 Å². The summed E-state index contributed by atoms with van der Waals surface area (Å²) < 4.78 is 5.33. The van der Waals surface area contributed by atoms with E-state index in [0.29, 0.717) is 27.0 Å². The Bertz CT molecular complexity index is 762. The Kier molecular flexibility index (Phi) is 5.47. The van der Waals surface area contributed by atoms with Crippen LogP contribution in [0.5, 0.6) is 5.75 Å². The summed E-state index contributed by atoms with van der Waals surface area (Å²) in [5, 5.41) is 12.3. The van der Waals surface area contributed by atoms with Crippen molar-refractivity contribution in [2.45, 2.75) is 6.92 Å². The number of benzene rings is 2. The first-order valence-corrected chi connectivity index (χ1v) is 7.34. The van der Waals surface area contributed by atoms with Gasteiger partial charge in [0.1, 0.15) is 5.75 Å². The van der Waals surface area contributed by atoms with Gasteiger partial charge in [-0.2, -0.15) is 0 Å². The molecular formula is C16H13Cl2NO4. The predicted molar refractivity (Wildman–Crippen MR) is 88.7 cm³/mol. The van der Waals surface area contributed by atoms with Gasteiger partial charge in [0.2, 0.25) is 0 Å². The molecule has 23 heavy (non-hydrogen) atoms. The molecule has 0 aliphatic carbocycles. The second-order valence-corrected chi connectivity index (χ2v) is 5.59. The van der Waals surface area contributed by atoms with Crippen molar-refractivity contribution in [2.24, 2.45) is 0 Å². The van der Waals surface area contributed by atoms with E-state index in [0.717, 1.165) is 0 Å². The van der Waals surface area contributed by atoms with Crippen LogP contribution in [-0.4, -0.2) is 23.6 Å². The molecule has 0 saturated heterocycles. The molecule has 0 radical (unpaired) electrons. The zero-order valence-electron chi connectivity index (χ0n) is 12.1. The molecule has 0 spiro atoms. The molecule has 7 heteroatoms. The highest BCUT2D eigenvalue weighted by molar-refractivity contribution is 6.35. The van der Waals surface area contributed by atoms with Gasteiger partial charge in [0.25, 0.3) is 5.91 Å². The number of carbonyl (C=O) groups is 2. The Morgan fingerprint density at radius 2 is 1.91 bits per heavy atom. The summed E-state index contributed by atoms with van der Waals surface area (Å²) in [4.78, 5) is 22.8. The van der Waals surface area contributed by atoms with Gasteiger partial charge in [-0.3, -0.25) is 4.79 Å². The van der Waals surface area contributed by atoms with E-state index >= 15 is 0 Å². The highest BCUT2D eigenvalue weighted by Gasteiger charge is 2.10. The van der Waals surface area contributed by atoms with Crippen LogP contribution in [0, 0.1) is 6.92 Å². The van der Waals surface area contributed by atoms with E-state index in [2.05, 4.69) is 5.32 Å². The molecule has 2 aromatic rings. The van der Waals surface area contributed by atoms with Gasteiger partial charge >= 0.3 is 5.97 Å². The third-order valence-electron chi connectivity index (χ3n) is 3.00. The number of aromatic carboxylic acids is 1. The number of halogens is 2. The molecule has 0 aliphatic heterocycles. The standard InChI is InChI=1S/C16H13Cl2NO4/c1-9-6-10(16(21)22)2-4-13(9)19-15(20)8-23-14-5-3-11(17)7-12(14)18/h2-7H,8H2,1H3,(H,19,20)(H,21,22). The summed E-state index contributed by atoms with van der Waals surface area (Å²) in [5.41, 5.74) is 1.32. The SMILES string of the molecule is Cc1cc(C(=O)O)ccc1NC(=O)COc1ccc(Cl)cc1Cl. The maximum Gasteiger partial charge on any atom is 0.335 e. The van der Waals surface area contributed by atoms with Crippen LogP contribution < -0.4 is 10.1 Å². The number of hydrogen-bond donors (Lipinski definition) is 2. The molecule has 2 N–H and O–H groups in total. The van der Waals surface area contributed by atoms with Crippen LogP contribution in [0.4, 0.5) is 5.69 Å². The van der Waals surface area contributed by atoms with Crippen molar-refractivity contribution in [2.75, 3.05) is 11.9 Å². The molecule has 0 atom stereocenters. The van der Waals surface area contributed by atoms with Gasteiger partial charge in [0.05, 0.1) is 10.6 Å². The predicted octanol–water partition coefficient (Wildman–Crippen LogP) is 4.02. The Morgan fingerprint density at radius 3 is 2.52 bits per heavy atom. The third-order valence-corrected chi connectivity index (χ3v) is 3.53. The number of amides is 1. The lowest BCUT2D eigenvalue weighted by molar-refractivity contribution is -0.118. The van der Waals surface area contributed by atoms with Crippen molar-refractivity contribution in [1.29, 1.82) is 0 Å². The molecule has 0 bridgehead atoms. The molecule has 2 aromatic carbocycles. The highest BCUT2D eigenvalue weighted by Crippen LogP contribution is 2.27. The third kappa shape index (κ3) is 4.61. The van der Waals surface area contributed by atoms with E-state index in [1.807, 2.05) is 0 Å². The van der Waals surface area contributed by atoms with Gasteiger partial charge in [0.15, 0.2) is 6.61 Å². The minimum Gasteiger partial charge on any atom is -0.482 e. The summed E-state index contributed by atoms with van der Waals surface area (Å²) in [6.07, 6.45) is 0. The van der Waals surface area contributed by atoms with Crippen molar-refractivity contribution in [1.82, 2.24) is 0 Å². The molecule has 120 valence electrons. The lowest BCUT2D eigenvalue weighted by Crippen LogP contribution is -2.20. The van der Waals surface area contributed by atoms with Gasteiger partial charge in [0, 0.05) is 10.7 Å². The van der Waals surface area contributed by atoms with Crippen LogP contribution in [0.2, 0.25) is 10.0 Å². The first-order chi connectivity index (χ1) is 10.9. The molecule has 5 nitrogen and oxygen atoms in total. The fourth-order valence-electron chi connectivity index (χ4n) is 1.86. The smallest absolute Gasteiger partial charge is 0.335 e. The largest absolute Gasteiger partial charge is 0.482 e. The lowest BCUT2D eigenvalue weighted by atomic mass is 10.1. The van der Waals surface area contributed by atoms with E-state index < -0.39 is 5.97 Å². The van der Waals surface area contributed by atoms with Crippen molar-refractivity contribution in [3.63, 3.8) is 0 Å². The number of rotatable bonds is 5. The van der Waals surface area contributed by atoms with Crippen molar-refractivity contribution < 1.29 is 19.4 Å². The maximum absolute atomic E-state index is 11.9. The van der Waals surface area contributed by atoms with Crippen LogP contribution in [0.25, 0.3) is 0 Å². The minimum absolute atomic E-state index is 0.157. The number of aryl methyl sites for hydroxylation is 1. The average Bonchev–Trinajstić information content (AvgIpc) is 2.48. The zero-order chi connectivity index (χ0) is 17.0. The van der Waals surface area contributed by atoms with Gasteiger partial charge in [-0.1, -0.05) is 23.2 Å². The van der Waals surface area contributed by atoms with Crippen LogP contribution in [-0.2, 0) is 4.79 Å². The van der Waals surface area contributed by atoms with Crippen molar-refractivity contribution in [3.05, 3.63) is 57.6 Å². The molecule has 0 aliphatic rings. The normalized spacial score (nSPS) is 10.2. The monoisotopic (exact) mass is 353 g/mol. The molecular weight excluding hydrogens is 341 g/mol. The molecule has 1 amide bonds. The Labute approximate surface area is 142 Å². The van der Waals surface area contributed by atoms with E-state index in [-0.39, 0.29) is 18.1 Å². The topological polar surface area (TPSA) is 75.6 Å². The average molecular weight is 354 g/mol. The number of carboxylic acid groups (broad SMARTS) is 1. The Morgan fingerprint density at radius 1 is 1.17 bits per heavy atom. The van der Waals surface area contributed by atoms with Gasteiger partial charge in [-0.25, -0.2) is 4.79 Å². The lowest BCUT2D eigenvalue weighted by Gasteiger charge is -2.11. The van der Waals surface area contributed by atoms with Crippen LogP contribution >= 0.6 is 23.2 Å². The fraction of sp³-hybridized carbons (Fsp3) is 0.125. The second-order valence-electron chi connectivity index (χ2n) is 4.75. The first kappa shape index (κ1) is 17.1. The Balaban J connectivity index is 1.98. The van der Waals surface area contributed by atoms with E-state index in [1.54, 1.807) is 19.1 Å².